The third-order valence-corrected chi connectivity index (χ3v) is 7.48. The van der Waals surface area contributed by atoms with Gasteiger partial charge in [-0.3, -0.25) is 9.69 Å². The lowest BCUT2D eigenvalue weighted by molar-refractivity contribution is 0.171. The zero-order chi connectivity index (χ0) is 28.2. The normalized spacial score (nSPS) is 19.1. The fraction of sp³-hybridized carbons (Fsp3) is 0.355. The maximum atomic E-state index is 13.2. The third kappa shape index (κ3) is 5.85. The molecule has 0 saturated carbocycles. The van der Waals surface area contributed by atoms with Crippen LogP contribution in [0.25, 0.3) is 0 Å². The first-order chi connectivity index (χ1) is 19.3. The fourth-order valence-corrected chi connectivity index (χ4v) is 5.34. The van der Waals surface area contributed by atoms with E-state index >= 15 is 0 Å². The first kappa shape index (κ1) is 27.0. The van der Waals surface area contributed by atoms with Crippen LogP contribution in [0.4, 0.5) is 4.79 Å². The highest BCUT2D eigenvalue weighted by Gasteiger charge is 2.40. The zero-order valence-corrected chi connectivity index (χ0v) is 22.7. The monoisotopic (exact) mass is 536 g/mol. The van der Waals surface area contributed by atoms with Gasteiger partial charge in [-0.15, -0.1) is 0 Å². The molecule has 9 nitrogen and oxygen atoms in total. The fourth-order valence-electron chi connectivity index (χ4n) is 5.34. The maximum absolute atomic E-state index is 13.2. The van der Waals surface area contributed by atoms with Crippen LogP contribution in [0, 0.1) is 29.1 Å². The smallest absolute Gasteiger partial charge is 0.321 e. The Balaban J connectivity index is 1.25. The molecule has 0 aliphatic carbocycles. The van der Waals surface area contributed by atoms with Gasteiger partial charge in [0.2, 0.25) is 5.75 Å². The van der Waals surface area contributed by atoms with Gasteiger partial charge in [-0.05, 0) is 62.2 Å². The summed E-state index contributed by atoms with van der Waals surface area (Å²) in [7, 11) is 0. The van der Waals surface area contributed by atoms with Crippen molar-refractivity contribution in [3.05, 3.63) is 93.2 Å². The summed E-state index contributed by atoms with van der Waals surface area (Å²) >= 11 is 0. The Morgan fingerprint density at radius 2 is 1.70 bits per heavy atom. The number of amides is 2. The Morgan fingerprint density at radius 3 is 2.33 bits per heavy atom. The molecule has 0 bridgehead atoms. The van der Waals surface area contributed by atoms with Crippen LogP contribution in [-0.4, -0.2) is 61.5 Å². The second kappa shape index (κ2) is 11.6. The quantitative estimate of drug-likeness (QED) is 0.465. The summed E-state index contributed by atoms with van der Waals surface area (Å²) in [6.07, 6.45) is 2.17. The van der Waals surface area contributed by atoms with E-state index in [-0.39, 0.29) is 36.3 Å². The van der Waals surface area contributed by atoms with Crippen molar-refractivity contribution in [3.63, 3.8) is 0 Å². The number of nitrogens with one attached hydrogen (secondary N) is 1. The first-order valence-corrected chi connectivity index (χ1v) is 13.5. The standard InChI is InChI=1S/C31H32N6O3/c1-21(2)37-28(19-36(31(37)40)18-27-29(38)30(39)34-20-33-27)26-11-9-23(10-12-26)4-3-22-5-7-24(8-6-22)16-35-14-13-25(15-32)17-35/h5-12,20-21,25,28,38H,13-14,16-19H2,1-2H3,(H,33,34,39). The van der Waals surface area contributed by atoms with Crippen LogP contribution in [0.3, 0.4) is 0 Å². The van der Waals surface area contributed by atoms with E-state index in [0.717, 1.165) is 42.7 Å². The summed E-state index contributed by atoms with van der Waals surface area (Å²) in [6.45, 7) is 7.06. The number of H-pyrrole nitrogens is 1. The number of hydrogen-bond acceptors (Lipinski definition) is 6. The molecule has 2 aliphatic heterocycles. The molecule has 2 aliphatic rings. The van der Waals surface area contributed by atoms with Crippen LogP contribution in [0.15, 0.2) is 59.7 Å². The van der Waals surface area contributed by atoms with Crippen molar-refractivity contribution in [2.24, 2.45) is 5.92 Å². The molecule has 2 saturated heterocycles. The second-order valence-corrected chi connectivity index (χ2v) is 10.6. The summed E-state index contributed by atoms with van der Waals surface area (Å²) in [4.78, 5) is 37.1. The molecule has 3 aromatic rings. The lowest BCUT2D eigenvalue weighted by Crippen LogP contribution is -2.37. The number of carbonyl (C=O) groups is 1. The van der Waals surface area contributed by atoms with Crippen LogP contribution in [-0.2, 0) is 13.1 Å². The Morgan fingerprint density at radius 1 is 1.02 bits per heavy atom. The molecule has 0 radical (unpaired) electrons. The molecule has 2 fully saturated rings. The Hall–Kier alpha value is -4.60. The zero-order valence-electron chi connectivity index (χ0n) is 22.7. The summed E-state index contributed by atoms with van der Waals surface area (Å²) < 4.78 is 0. The van der Waals surface area contributed by atoms with Crippen molar-refractivity contribution in [1.82, 2.24) is 24.7 Å². The van der Waals surface area contributed by atoms with Crippen LogP contribution in [0.2, 0.25) is 0 Å². The minimum atomic E-state index is -0.627. The number of urea groups is 1. The van der Waals surface area contributed by atoms with E-state index in [0.29, 0.717) is 6.54 Å². The number of aromatic hydroxyl groups is 1. The van der Waals surface area contributed by atoms with Gasteiger partial charge in [0, 0.05) is 36.8 Å². The van der Waals surface area contributed by atoms with Crippen LogP contribution < -0.4 is 5.56 Å². The number of rotatable bonds is 6. The summed E-state index contributed by atoms with van der Waals surface area (Å²) in [5.74, 6) is 6.13. The SMILES string of the molecule is CC(C)N1C(=O)N(Cc2nc[nH]c(=O)c2O)CC1c1ccc(C#Cc2ccc(CN3CCC(C#N)C3)cc2)cc1. The molecule has 2 atom stereocenters. The molecule has 2 amide bonds. The number of aromatic nitrogens is 2. The van der Waals surface area contributed by atoms with Gasteiger partial charge >= 0.3 is 6.03 Å². The van der Waals surface area contributed by atoms with Crippen LogP contribution >= 0.6 is 0 Å². The topological polar surface area (TPSA) is 117 Å². The minimum Gasteiger partial charge on any atom is -0.502 e. The van der Waals surface area contributed by atoms with Gasteiger partial charge in [0.05, 0.1) is 30.9 Å². The molecule has 204 valence electrons. The number of nitrogens with zero attached hydrogens (tertiary/aromatic N) is 5. The van der Waals surface area contributed by atoms with Gasteiger partial charge in [-0.25, -0.2) is 9.78 Å². The maximum Gasteiger partial charge on any atom is 0.321 e. The van der Waals surface area contributed by atoms with Crippen LogP contribution in [0.5, 0.6) is 5.75 Å². The predicted octanol–water partition coefficient (Wildman–Crippen LogP) is 3.61. The van der Waals surface area contributed by atoms with E-state index in [2.05, 4.69) is 44.9 Å². The molecule has 40 heavy (non-hydrogen) atoms. The summed E-state index contributed by atoms with van der Waals surface area (Å²) in [5.41, 5.74) is 3.56. The number of likely N-dealkylation sites (tertiary alicyclic amines) is 1. The predicted molar refractivity (Wildman–Crippen MR) is 150 cm³/mol. The van der Waals surface area contributed by atoms with Crippen molar-refractivity contribution in [2.45, 2.75) is 45.4 Å². The number of nitriles is 1. The molecule has 9 heteroatoms. The number of hydrogen-bond donors (Lipinski definition) is 2. The minimum absolute atomic E-state index is 0.0380. The molecule has 2 unspecified atom stereocenters. The Bertz CT molecular complexity index is 1530. The average Bonchev–Trinajstić information content (AvgIpc) is 3.55. The van der Waals surface area contributed by atoms with E-state index in [4.69, 9.17) is 5.26 Å². The highest BCUT2D eigenvalue weighted by atomic mass is 16.3. The summed E-state index contributed by atoms with van der Waals surface area (Å²) in [6, 6.07) is 18.2. The van der Waals surface area contributed by atoms with Gasteiger partial charge in [-0.1, -0.05) is 36.1 Å². The van der Waals surface area contributed by atoms with E-state index in [1.165, 1.54) is 11.9 Å². The Labute approximate surface area is 233 Å². The van der Waals surface area contributed by atoms with Crippen molar-refractivity contribution in [1.29, 1.82) is 5.26 Å². The average molecular weight is 537 g/mol. The van der Waals surface area contributed by atoms with Gasteiger partial charge < -0.3 is 19.9 Å². The number of aromatic amines is 1. The van der Waals surface area contributed by atoms with Crippen molar-refractivity contribution < 1.29 is 9.90 Å². The van der Waals surface area contributed by atoms with Gasteiger partial charge in [0.15, 0.2) is 0 Å². The lowest BCUT2D eigenvalue weighted by atomic mass is 10.0. The molecule has 0 spiro atoms. The van der Waals surface area contributed by atoms with E-state index in [1.807, 2.05) is 55.1 Å². The Kier molecular flexibility index (Phi) is 7.86. The second-order valence-electron chi connectivity index (χ2n) is 10.6. The molecule has 3 heterocycles. The molecule has 2 aromatic carbocycles. The van der Waals surface area contributed by atoms with E-state index in [1.54, 1.807) is 4.90 Å². The number of benzene rings is 2. The van der Waals surface area contributed by atoms with Gasteiger partial charge in [0.1, 0.15) is 5.69 Å². The van der Waals surface area contributed by atoms with E-state index in [9.17, 15) is 14.7 Å². The number of carbonyl (C=O) groups excluding carboxylic acids is 1. The lowest BCUT2D eigenvalue weighted by Gasteiger charge is -2.27. The molecule has 5 rings (SSSR count). The molecule has 1 aromatic heterocycles. The largest absolute Gasteiger partial charge is 0.502 e. The first-order valence-electron chi connectivity index (χ1n) is 13.5. The van der Waals surface area contributed by atoms with Crippen molar-refractivity contribution >= 4 is 6.03 Å². The van der Waals surface area contributed by atoms with Gasteiger partial charge in [0.25, 0.3) is 5.56 Å². The van der Waals surface area contributed by atoms with E-state index < -0.39 is 11.3 Å². The molecule has 2 N–H and O–H groups in total. The van der Waals surface area contributed by atoms with Crippen molar-refractivity contribution in [2.75, 3.05) is 19.6 Å². The molecular formula is C31H32N6O3. The summed E-state index contributed by atoms with van der Waals surface area (Å²) in [5, 5.41) is 19.2. The highest BCUT2D eigenvalue weighted by Crippen LogP contribution is 2.33. The van der Waals surface area contributed by atoms with Gasteiger partial charge in [-0.2, -0.15) is 5.26 Å². The van der Waals surface area contributed by atoms with Crippen LogP contribution in [0.1, 0.15) is 54.3 Å². The van der Waals surface area contributed by atoms with Crippen molar-refractivity contribution in [3.8, 4) is 23.7 Å². The highest BCUT2D eigenvalue weighted by molar-refractivity contribution is 5.78. The third-order valence-electron chi connectivity index (χ3n) is 7.48. The molecular weight excluding hydrogens is 504 g/mol.